The van der Waals surface area contributed by atoms with Gasteiger partial charge in [-0.25, -0.2) is 4.98 Å². The van der Waals surface area contributed by atoms with Crippen molar-refractivity contribution in [2.24, 2.45) is 11.3 Å². The van der Waals surface area contributed by atoms with E-state index in [1.54, 1.807) is 0 Å². The quantitative estimate of drug-likeness (QED) is 0.730. The second-order valence-electron chi connectivity index (χ2n) is 8.92. The van der Waals surface area contributed by atoms with E-state index in [-0.39, 0.29) is 30.7 Å². The summed E-state index contributed by atoms with van der Waals surface area (Å²) in [5.41, 5.74) is 3.34. The molecule has 1 amide bonds. The van der Waals surface area contributed by atoms with E-state index in [0.717, 1.165) is 47.7 Å². The maximum Gasteiger partial charge on any atom is 0.247 e. The molecule has 8 heteroatoms. The van der Waals surface area contributed by atoms with Crippen LogP contribution < -0.4 is 15.5 Å². The highest BCUT2D eigenvalue weighted by atomic mass is 16.2. The van der Waals surface area contributed by atoms with Crippen LogP contribution in [-0.4, -0.2) is 33.8 Å². The zero-order valence-electron chi connectivity index (χ0n) is 18.1. The fourth-order valence-corrected chi connectivity index (χ4v) is 4.45. The summed E-state index contributed by atoms with van der Waals surface area (Å²) in [6.45, 7) is 7.26. The van der Waals surface area contributed by atoms with Crippen molar-refractivity contribution in [3.05, 3.63) is 29.7 Å². The number of nitrogens with one attached hydrogen (secondary N) is 2. The van der Waals surface area contributed by atoms with Crippen LogP contribution in [0.3, 0.4) is 0 Å². The normalized spacial score (nSPS) is 19.0. The van der Waals surface area contributed by atoms with Gasteiger partial charge in [0.15, 0.2) is 0 Å². The van der Waals surface area contributed by atoms with Crippen LogP contribution in [0.1, 0.15) is 51.8 Å². The third-order valence-corrected chi connectivity index (χ3v) is 6.30. The van der Waals surface area contributed by atoms with Gasteiger partial charge in [-0.1, -0.05) is 27.7 Å². The Morgan fingerprint density at radius 2 is 2.16 bits per heavy atom. The van der Waals surface area contributed by atoms with Gasteiger partial charge in [0.05, 0.1) is 41.3 Å². The molecule has 1 aliphatic carbocycles. The third kappa shape index (κ3) is 4.22. The number of nitriles is 1. The number of hydrogen-bond donors (Lipinski definition) is 2. The van der Waals surface area contributed by atoms with Crippen molar-refractivity contribution in [1.29, 1.82) is 5.26 Å². The van der Waals surface area contributed by atoms with Crippen molar-refractivity contribution in [2.45, 2.75) is 66.6 Å². The molecule has 1 atom stereocenters. The lowest BCUT2D eigenvalue weighted by Crippen LogP contribution is -2.49. The Bertz CT molecular complexity index is 1000. The standard InChI is InChI=1S/C22H29N7O.CH4/c1-14(2)20-21(30)27-19-15(3)26-18(8-17(19)28(20)4)24-9-16-10-25-29(11-16)13-22(12-23)6-5-7-22;/h8,10-11,14,20H,5-7,9,13H2,1-4H3,(H,24,26)(H,27,30);1H4/t20-;/m0./s1. The first-order valence-corrected chi connectivity index (χ1v) is 10.5. The first-order valence-electron chi connectivity index (χ1n) is 10.5. The summed E-state index contributed by atoms with van der Waals surface area (Å²) in [5, 5.41) is 20.3. The number of hydrogen-bond acceptors (Lipinski definition) is 6. The van der Waals surface area contributed by atoms with Gasteiger partial charge in [0.2, 0.25) is 5.91 Å². The summed E-state index contributed by atoms with van der Waals surface area (Å²) >= 11 is 0. The minimum atomic E-state index is -0.240. The van der Waals surface area contributed by atoms with Crippen molar-refractivity contribution in [3.8, 4) is 6.07 Å². The summed E-state index contributed by atoms with van der Waals surface area (Å²) in [5.74, 6) is 0.975. The van der Waals surface area contributed by atoms with Crippen molar-refractivity contribution in [1.82, 2.24) is 14.8 Å². The number of likely N-dealkylation sites (N-methyl/N-ethyl adjacent to an activating group) is 1. The minimum Gasteiger partial charge on any atom is -0.366 e. The Hall–Kier alpha value is -3.08. The monoisotopic (exact) mass is 423 g/mol. The van der Waals surface area contributed by atoms with Gasteiger partial charge in [-0.3, -0.25) is 9.48 Å². The van der Waals surface area contributed by atoms with Crippen molar-refractivity contribution in [3.63, 3.8) is 0 Å². The predicted octanol–water partition coefficient (Wildman–Crippen LogP) is 3.94. The summed E-state index contributed by atoms with van der Waals surface area (Å²) in [4.78, 5) is 19.1. The van der Waals surface area contributed by atoms with Gasteiger partial charge >= 0.3 is 0 Å². The summed E-state index contributed by atoms with van der Waals surface area (Å²) in [7, 11) is 1.96. The van der Waals surface area contributed by atoms with Crippen LogP contribution in [0.5, 0.6) is 0 Å². The van der Waals surface area contributed by atoms with Gasteiger partial charge in [-0.15, -0.1) is 0 Å². The number of amides is 1. The minimum absolute atomic E-state index is 0. The Morgan fingerprint density at radius 1 is 1.42 bits per heavy atom. The Balaban J connectivity index is 0.00000272. The lowest BCUT2D eigenvalue weighted by Gasteiger charge is -2.38. The molecule has 2 N–H and O–H groups in total. The van der Waals surface area contributed by atoms with E-state index in [4.69, 9.17) is 0 Å². The molecule has 0 saturated heterocycles. The molecule has 1 fully saturated rings. The fourth-order valence-electron chi connectivity index (χ4n) is 4.45. The van der Waals surface area contributed by atoms with Crippen LogP contribution in [0.25, 0.3) is 0 Å². The lowest BCUT2D eigenvalue weighted by molar-refractivity contribution is -0.118. The molecule has 4 rings (SSSR count). The van der Waals surface area contributed by atoms with Crippen LogP contribution >= 0.6 is 0 Å². The molecule has 0 unspecified atom stereocenters. The number of aromatic nitrogens is 3. The highest BCUT2D eigenvalue weighted by molar-refractivity contribution is 6.04. The molecule has 1 saturated carbocycles. The Labute approximate surface area is 184 Å². The maximum atomic E-state index is 12.5. The van der Waals surface area contributed by atoms with E-state index >= 15 is 0 Å². The van der Waals surface area contributed by atoms with Gasteiger partial charge in [-0.05, 0) is 25.7 Å². The predicted molar refractivity (Wildman–Crippen MR) is 123 cm³/mol. The molecule has 0 radical (unpaired) electrons. The molecule has 2 aliphatic rings. The first kappa shape index (κ1) is 22.6. The number of carbonyl (C=O) groups excluding carboxylic acids is 1. The van der Waals surface area contributed by atoms with Crippen molar-refractivity contribution in [2.75, 3.05) is 22.6 Å². The number of rotatable bonds is 6. The highest BCUT2D eigenvalue weighted by Crippen LogP contribution is 2.41. The van der Waals surface area contributed by atoms with Crippen LogP contribution in [0.4, 0.5) is 17.2 Å². The lowest BCUT2D eigenvalue weighted by atomic mass is 9.70. The fraction of sp³-hybridized carbons (Fsp3) is 0.565. The molecule has 31 heavy (non-hydrogen) atoms. The molecular formula is C23H33N7O. The van der Waals surface area contributed by atoms with Gasteiger partial charge in [0.25, 0.3) is 0 Å². The second kappa shape index (κ2) is 8.58. The summed E-state index contributed by atoms with van der Waals surface area (Å²) in [6, 6.07) is 4.25. The Morgan fingerprint density at radius 3 is 2.77 bits per heavy atom. The van der Waals surface area contributed by atoms with E-state index in [9.17, 15) is 10.1 Å². The molecule has 0 aromatic carbocycles. The van der Waals surface area contributed by atoms with E-state index < -0.39 is 0 Å². The van der Waals surface area contributed by atoms with Crippen LogP contribution in [0.2, 0.25) is 0 Å². The summed E-state index contributed by atoms with van der Waals surface area (Å²) < 4.78 is 1.88. The van der Waals surface area contributed by atoms with E-state index in [1.165, 1.54) is 0 Å². The average Bonchev–Trinajstić information content (AvgIpc) is 3.11. The van der Waals surface area contributed by atoms with Gasteiger partial charge in [0, 0.05) is 31.4 Å². The third-order valence-electron chi connectivity index (χ3n) is 6.30. The zero-order valence-corrected chi connectivity index (χ0v) is 18.1. The van der Waals surface area contributed by atoms with Gasteiger partial charge in [0.1, 0.15) is 11.9 Å². The molecule has 2 aromatic heterocycles. The van der Waals surface area contributed by atoms with Crippen LogP contribution in [0, 0.1) is 29.6 Å². The molecule has 3 heterocycles. The Kier molecular flexibility index (Phi) is 6.25. The molecule has 1 aliphatic heterocycles. The van der Waals surface area contributed by atoms with Crippen LogP contribution in [0.15, 0.2) is 18.5 Å². The smallest absolute Gasteiger partial charge is 0.247 e. The second-order valence-corrected chi connectivity index (χ2v) is 8.92. The molecule has 0 spiro atoms. The SMILES string of the molecule is C.Cc1nc(NCc2cnn(CC3(C#N)CCC3)c2)cc2c1NC(=O)[C@H](C(C)C)N2C. The van der Waals surface area contributed by atoms with E-state index in [1.807, 2.05) is 42.0 Å². The van der Waals surface area contributed by atoms with Crippen LogP contribution in [-0.2, 0) is 17.9 Å². The van der Waals surface area contributed by atoms with E-state index in [0.29, 0.717) is 13.1 Å². The zero-order chi connectivity index (χ0) is 21.5. The largest absolute Gasteiger partial charge is 0.366 e. The number of aryl methyl sites for hydroxylation is 1. The summed E-state index contributed by atoms with van der Waals surface area (Å²) in [6.07, 6.45) is 6.87. The van der Waals surface area contributed by atoms with E-state index in [2.05, 4.69) is 40.6 Å². The number of fused-ring (bicyclic) bond motifs is 1. The van der Waals surface area contributed by atoms with Crippen molar-refractivity contribution < 1.29 is 4.79 Å². The van der Waals surface area contributed by atoms with Gasteiger partial charge in [-0.2, -0.15) is 10.4 Å². The number of nitrogens with zero attached hydrogens (tertiary/aromatic N) is 5. The number of pyridine rings is 1. The molecular weight excluding hydrogens is 390 g/mol. The topological polar surface area (TPSA) is 98.9 Å². The molecule has 166 valence electrons. The average molecular weight is 424 g/mol. The highest BCUT2D eigenvalue weighted by Gasteiger charge is 2.38. The molecule has 8 nitrogen and oxygen atoms in total. The number of anilines is 3. The number of carbonyl (C=O) groups is 1. The van der Waals surface area contributed by atoms with Gasteiger partial charge < -0.3 is 15.5 Å². The first-order chi connectivity index (χ1) is 14.3. The maximum absolute atomic E-state index is 12.5. The molecule has 0 bridgehead atoms. The molecule has 2 aromatic rings. The van der Waals surface area contributed by atoms with Crippen molar-refractivity contribution >= 4 is 23.1 Å².